The molecular formula is C41H45N7O3. The lowest BCUT2D eigenvalue weighted by atomic mass is 10.1. The number of rotatable bonds is 11. The van der Waals surface area contributed by atoms with Crippen molar-refractivity contribution < 1.29 is 14.6 Å². The number of hydrogen-bond acceptors (Lipinski definition) is 6. The largest absolute Gasteiger partial charge is 0.457 e. The number of aryl methyl sites for hydroxylation is 1. The Balaban J connectivity index is 1.08. The van der Waals surface area contributed by atoms with Crippen LogP contribution in [-0.2, 0) is 6.54 Å². The van der Waals surface area contributed by atoms with E-state index < -0.39 is 0 Å². The first-order valence-corrected chi connectivity index (χ1v) is 17.6. The van der Waals surface area contributed by atoms with E-state index in [1.54, 1.807) is 0 Å². The molecule has 0 saturated carbocycles. The Morgan fingerprint density at radius 2 is 1.67 bits per heavy atom. The summed E-state index contributed by atoms with van der Waals surface area (Å²) < 4.78 is 8.33. The maximum Gasteiger partial charge on any atom is 0.255 e. The second-order valence-corrected chi connectivity index (χ2v) is 13.0. The highest BCUT2D eigenvalue weighted by Crippen LogP contribution is 2.30. The van der Waals surface area contributed by atoms with Crippen molar-refractivity contribution >= 4 is 34.1 Å². The summed E-state index contributed by atoms with van der Waals surface area (Å²) in [7, 11) is 0. The van der Waals surface area contributed by atoms with Gasteiger partial charge in [-0.2, -0.15) is 5.26 Å². The van der Waals surface area contributed by atoms with Gasteiger partial charge in [-0.15, -0.1) is 4.99 Å². The van der Waals surface area contributed by atoms with Gasteiger partial charge in [-0.05, 0) is 117 Å². The standard InChI is InChI=1S/C41H45N7O3/c1-4-31(5-2)45-41(43-27-42)46-32-12-17-36(18-13-32)51-39-19-14-33(24-28(39)3)44-40(50)29-10-15-34(16-11-29)48-26-30(37-8-6-7-9-38(37)48)25-47-22-20-35(49)21-23-47/h6-19,24,26,31,35,49H,4-5,20-23,25H2,1-3H3,(H,44,50)(H2,43,45,46). The molecule has 0 atom stereocenters. The topological polar surface area (TPSA) is 127 Å². The van der Waals surface area contributed by atoms with Crippen molar-refractivity contribution in [2.75, 3.05) is 23.7 Å². The Morgan fingerprint density at radius 1 is 0.961 bits per heavy atom. The van der Waals surface area contributed by atoms with Crippen LogP contribution >= 0.6 is 0 Å². The molecule has 0 spiro atoms. The smallest absolute Gasteiger partial charge is 0.255 e. The molecule has 2 heterocycles. The Morgan fingerprint density at radius 3 is 2.35 bits per heavy atom. The number of ether oxygens (including phenoxy) is 1. The van der Waals surface area contributed by atoms with E-state index in [0.29, 0.717) is 28.7 Å². The number of fused-ring (bicyclic) bond motifs is 1. The third-order valence-corrected chi connectivity index (χ3v) is 9.42. The Hall–Kier alpha value is -5.63. The molecule has 1 fully saturated rings. The summed E-state index contributed by atoms with van der Waals surface area (Å²) >= 11 is 0. The molecule has 4 N–H and O–H groups in total. The summed E-state index contributed by atoms with van der Waals surface area (Å²) in [6, 6.07) is 29.3. The lowest BCUT2D eigenvalue weighted by molar-refractivity contribution is 0.0794. The molecule has 4 aromatic carbocycles. The highest BCUT2D eigenvalue weighted by atomic mass is 16.5. The van der Waals surface area contributed by atoms with Crippen molar-refractivity contribution in [2.45, 2.75) is 65.1 Å². The molecule has 1 aliphatic heterocycles. The summed E-state index contributed by atoms with van der Waals surface area (Å²) in [5.41, 5.74) is 6.25. The highest BCUT2D eigenvalue weighted by molar-refractivity contribution is 6.04. The minimum absolute atomic E-state index is 0.191. The number of nitrogens with zero attached hydrogens (tertiary/aromatic N) is 4. The number of hydrogen-bond donors (Lipinski definition) is 4. The molecule has 0 aliphatic carbocycles. The normalized spacial score (nSPS) is 14.0. The number of nitriles is 1. The van der Waals surface area contributed by atoms with E-state index in [2.05, 4.69) is 68.7 Å². The molecule has 262 valence electrons. The van der Waals surface area contributed by atoms with Gasteiger partial charge in [-0.3, -0.25) is 9.69 Å². The maximum atomic E-state index is 13.2. The molecule has 1 aromatic heterocycles. The van der Waals surface area contributed by atoms with Crippen molar-refractivity contribution in [3.8, 4) is 23.4 Å². The van der Waals surface area contributed by atoms with Crippen molar-refractivity contribution in [1.29, 1.82) is 5.26 Å². The van der Waals surface area contributed by atoms with Crippen LogP contribution < -0.4 is 20.7 Å². The van der Waals surface area contributed by atoms with Crippen molar-refractivity contribution in [3.63, 3.8) is 0 Å². The fourth-order valence-electron chi connectivity index (χ4n) is 6.43. The van der Waals surface area contributed by atoms with E-state index in [0.717, 1.165) is 67.8 Å². The minimum Gasteiger partial charge on any atom is -0.457 e. The lowest BCUT2D eigenvalue weighted by Crippen LogP contribution is -2.38. The average Bonchev–Trinajstić information content (AvgIpc) is 3.51. The van der Waals surface area contributed by atoms with Gasteiger partial charge in [0.25, 0.3) is 5.91 Å². The molecule has 1 amide bonds. The molecule has 0 bridgehead atoms. The van der Waals surface area contributed by atoms with Gasteiger partial charge in [-0.25, -0.2) is 0 Å². The van der Waals surface area contributed by atoms with E-state index >= 15 is 0 Å². The van der Waals surface area contributed by atoms with Crippen molar-refractivity contribution in [3.05, 3.63) is 114 Å². The van der Waals surface area contributed by atoms with Crippen LogP contribution in [0.3, 0.4) is 0 Å². The van der Waals surface area contributed by atoms with Crippen LogP contribution in [0.4, 0.5) is 11.4 Å². The monoisotopic (exact) mass is 683 g/mol. The van der Waals surface area contributed by atoms with Gasteiger partial charge < -0.3 is 30.4 Å². The number of aliphatic hydroxyl groups is 1. The molecule has 10 heteroatoms. The minimum atomic E-state index is -0.193. The summed E-state index contributed by atoms with van der Waals surface area (Å²) in [6.45, 7) is 8.74. The van der Waals surface area contributed by atoms with Gasteiger partial charge in [0.05, 0.1) is 11.6 Å². The number of carbonyl (C=O) groups excluding carboxylic acids is 1. The molecule has 51 heavy (non-hydrogen) atoms. The number of piperidine rings is 1. The van der Waals surface area contributed by atoms with Crippen LogP contribution in [0.1, 0.15) is 61.0 Å². The van der Waals surface area contributed by atoms with Crippen LogP contribution in [0.5, 0.6) is 11.5 Å². The van der Waals surface area contributed by atoms with Crippen LogP contribution in [-0.4, -0.2) is 51.7 Å². The van der Waals surface area contributed by atoms with Gasteiger partial charge in [0.15, 0.2) is 0 Å². The number of guanidine groups is 1. The maximum absolute atomic E-state index is 13.2. The summed E-state index contributed by atoms with van der Waals surface area (Å²) in [6.07, 6.45) is 7.32. The number of benzene rings is 4. The van der Waals surface area contributed by atoms with Gasteiger partial charge in [0.1, 0.15) is 11.5 Å². The highest BCUT2D eigenvalue weighted by Gasteiger charge is 2.19. The predicted octanol–water partition coefficient (Wildman–Crippen LogP) is 7.97. The number of para-hydroxylation sites is 1. The fourth-order valence-corrected chi connectivity index (χ4v) is 6.43. The number of nitrogens with one attached hydrogen (secondary N) is 3. The summed E-state index contributed by atoms with van der Waals surface area (Å²) in [4.78, 5) is 19.5. The van der Waals surface area contributed by atoms with Crippen molar-refractivity contribution in [2.24, 2.45) is 4.99 Å². The van der Waals surface area contributed by atoms with E-state index in [-0.39, 0.29) is 18.1 Å². The number of carbonyl (C=O) groups is 1. The zero-order valence-electron chi connectivity index (χ0n) is 29.4. The molecule has 0 radical (unpaired) electrons. The Bertz CT molecular complexity index is 2020. The van der Waals surface area contributed by atoms with Crippen LogP contribution in [0.25, 0.3) is 16.6 Å². The number of anilines is 2. The second-order valence-electron chi connectivity index (χ2n) is 13.0. The molecular weight excluding hydrogens is 638 g/mol. The first-order chi connectivity index (χ1) is 24.8. The Kier molecular flexibility index (Phi) is 11.3. The summed E-state index contributed by atoms with van der Waals surface area (Å²) in [5.74, 6) is 1.55. The number of likely N-dealkylation sites (tertiary alicyclic amines) is 1. The SMILES string of the molecule is CCC(CC)N/C(=N/C#N)Nc1ccc(Oc2ccc(NC(=O)c3ccc(-n4cc(CN5CCC(O)CC5)c5ccccc54)cc3)cc2C)cc1. The Labute approximate surface area is 299 Å². The average molecular weight is 684 g/mol. The number of aliphatic imine (C=N–C) groups is 1. The first-order valence-electron chi connectivity index (χ1n) is 17.6. The third kappa shape index (κ3) is 8.76. The lowest BCUT2D eigenvalue weighted by Gasteiger charge is -2.29. The molecule has 10 nitrogen and oxygen atoms in total. The second kappa shape index (κ2) is 16.4. The molecule has 1 aliphatic rings. The first kappa shape index (κ1) is 35.2. The van der Waals surface area contributed by atoms with E-state index in [1.165, 1.54) is 10.9 Å². The van der Waals surface area contributed by atoms with E-state index in [9.17, 15) is 9.90 Å². The fraction of sp³-hybridized carbons (Fsp3) is 0.293. The van der Waals surface area contributed by atoms with Crippen LogP contribution in [0.2, 0.25) is 0 Å². The van der Waals surface area contributed by atoms with Gasteiger partial charge in [-0.1, -0.05) is 32.0 Å². The van der Waals surface area contributed by atoms with Crippen LogP contribution in [0, 0.1) is 18.4 Å². The zero-order valence-corrected chi connectivity index (χ0v) is 29.4. The van der Waals surface area contributed by atoms with Gasteiger partial charge in [0.2, 0.25) is 12.2 Å². The van der Waals surface area contributed by atoms with E-state index in [4.69, 9.17) is 10.00 Å². The predicted molar refractivity (Wildman–Crippen MR) is 204 cm³/mol. The van der Waals surface area contributed by atoms with E-state index in [1.807, 2.05) is 85.9 Å². The molecule has 6 rings (SSSR count). The molecule has 5 aromatic rings. The van der Waals surface area contributed by atoms with Gasteiger partial charge in [0, 0.05) is 59.9 Å². The number of amides is 1. The third-order valence-electron chi connectivity index (χ3n) is 9.42. The number of aliphatic hydroxyl groups excluding tert-OH is 1. The van der Waals surface area contributed by atoms with Crippen LogP contribution in [0.15, 0.2) is 102 Å². The summed E-state index contributed by atoms with van der Waals surface area (Å²) in [5, 5.41) is 29.7. The molecule has 0 unspecified atom stereocenters. The van der Waals surface area contributed by atoms with Crippen molar-refractivity contribution in [1.82, 2.24) is 14.8 Å². The quantitative estimate of drug-likeness (QED) is 0.0632. The number of aromatic nitrogens is 1. The molecule has 1 saturated heterocycles. The van der Waals surface area contributed by atoms with Gasteiger partial charge >= 0.3 is 0 Å². The zero-order chi connectivity index (χ0) is 35.7.